The lowest BCUT2D eigenvalue weighted by molar-refractivity contribution is -0.276. The number of ether oxygens (including phenoxy) is 2. The van der Waals surface area contributed by atoms with Crippen LogP contribution >= 0.6 is 0 Å². The molecule has 5 aromatic rings. The first-order chi connectivity index (χ1) is 26.0. The van der Waals surface area contributed by atoms with E-state index in [0.29, 0.717) is 17.8 Å². The molecule has 0 bridgehead atoms. The molecule has 0 radical (unpaired) electrons. The zero-order valence-electron chi connectivity index (χ0n) is 31.1. The third-order valence-corrected chi connectivity index (χ3v) is 11.7. The van der Waals surface area contributed by atoms with Gasteiger partial charge in [0.15, 0.2) is 6.29 Å². The van der Waals surface area contributed by atoms with E-state index in [1.807, 2.05) is 97.9 Å². The summed E-state index contributed by atoms with van der Waals surface area (Å²) in [6.45, 7) is 6.79. The summed E-state index contributed by atoms with van der Waals surface area (Å²) < 4.78 is 43.0. The van der Waals surface area contributed by atoms with Crippen molar-refractivity contribution in [3.63, 3.8) is 0 Å². The van der Waals surface area contributed by atoms with Gasteiger partial charge in [0.25, 0.3) is 0 Å². The Labute approximate surface area is 319 Å². The number of anilines is 1. The standard InChI is InChI=1S/C44H49N3O6S/c1-30-18-24-39(25-19-30)54(50,51)46-40(26-33-12-7-5-8-13-33)43(49)45-38-17-11-16-37(27-38)44-52-41(28-47(4)32(3)35-14-9-6-10-15-35)31(2)42(53-44)36-22-20-34(29-48)21-23-36/h5-25,27,31-32,40-42,44,46,48H,26,28-29H2,1-4H3,(H,45,49). The lowest BCUT2D eigenvalue weighted by Gasteiger charge is -2.43. The molecule has 6 atom stereocenters. The number of hydrogen-bond acceptors (Lipinski definition) is 7. The second-order valence-corrected chi connectivity index (χ2v) is 15.9. The molecule has 1 aliphatic rings. The van der Waals surface area contributed by atoms with Crippen molar-refractivity contribution in [3.8, 4) is 0 Å². The molecule has 1 heterocycles. The van der Waals surface area contributed by atoms with Gasteiger partial charge < -0.3 is 19.9 Å². The molecule has 10 heteroatoms. The predicted octanol–water partition coefficient (Wildman–Crippen LogP) is 7.50. The van der Waals surface area contributed by atoms with Crippen molar-refractivity contribution < 1.29 is 27.8 Å². The van der Waals surface area contributed by atoms with Crippen LogP contribution < -0.4 is 10.0 Å². The number of likely N-dealkylation sites (N-methyl/N-ethyl adjacent to an activating group) is 1. The molecule has 1 aliphatic heterocycles. The molecule has 1 saturated heterocycles. The lowest BCUT2D eigenvalue weighted by Crippen LogP contribution is -2.45. The van der Waals surface area contributed by atoms with E-state index >= 15 is 0 Å². The Morgan fingerprint density at radius 2 is 1.48 bits per heavy atom. The molecule has 1 amide bonds. The van der Waals surface area contributed by atoms with E-state index in [0.717, 1.165) is 22.3 Å². The van der Waals surface area contributed by atoms with E-state index in [2.05, 4.69) is 48.0 Å². The summed E-state index contributed by atoms with van der Waals surface area (Å²) in [5.41, 5.74) is 5.93. The minimum absolute atomic E-state index is 0.0187. The topological polar surface area (TPSA) is 117 Å². The monoisotopic (exact) mass is 747 g/mol. The molecule has 9 nitrogen and oxygen atoms in total. The van der Waals surface area contributed by atoms with E-state index in [-0.39, 0.29) is 42.1 Å². The van der Waals surface area contributed by atoms with Crippen LogP contribution in [0.5, 0.6) is 0 Å². The van der Waals surface area contributed by atoms with Crippen LogP contribution in [0.2, 0.25) is 0 Å². The first-order valence-electron chi connectivity index (χ1n) is 18.3. The molecule has 5 aromatic carbocycles. The second kappa shape index (κ2) is 17.6. The van der Waals surface area contributed by atoms with Crippen LogP contribution in [0.3, 0.4) is 0 Å². The number of hydrogen-bond donors (Lipinski definition) is 3. The van der Waals surface area contributed by atoms with Gasteiger partial charge in [-0.2, -0.15) is 4.72 Å². The van der Waals surface area contributed by atoms with Gasteiger partial charge in [0, 0.05) is 29.8 Å². The number of rotatable bonds is 14. The molecule has 1 fully saturated rings. The van der Waals surface area contributed by atoms with Gasteiger partial charge in [0.2, 0.25) is 15.9 Å². The Morgan fingerprint density at radius 1 is 0.815 bits per heavy atom. The number of amides is 1. The molecular weight excluding hydrogens is 699 g/mol. The summed E-state index contributed by atoms with van der Waals surface area (Å²) in [6, 6.07) is 40.3. The van der Waals surface area contributed by atoms with Crippen LogP contribution in [0.4, 0.5) is 5.69 Å². The molecular formula is C44H49N3O6S. The molecule has 0 spiro atoms. The van der Waals surface area contributed by atoms with E-state index in [4.69, 9.17) is 9.47 Å². The van der Waals surface area contributed by atoms with E-state index in [9.17, 15) is 18.3 Å². The van der Waals surface area contributed by atoms with Crippen molar-refractivity contribution in [1.82, 2.24) is 9.62 Å². The number of sulfonamides is 1. The summed E-state index contributed by atoms with van der Waals surface area (Å²) in [5.74, 6) is -0.517. The van der Waals surface area contributed by atoms with E-state index in [1.165, 1.54) is 17.7 Å². The second-order valence-electron chi connectivity index (χ2n) is 14.1. The summed E-state index contributed by atoms with van der Waals surface area (Å²) >= 11 is 0. The average molecular weight is 748 g/mol. The number of carbonyl (C=O) groups excluding carboxylic acids is 1. The molecule has 3 N–H and O–H groups in total. The van der Waals surface area contributed by atoms with Crippen molar-refractivity contribution in [2.24, 2.45) is 5.92 Å². The van der Waals surface area contributed by atoms with Gasteiger partial charge in [-0.15, -0.1) is 0 Å². The van der Waals surface area contributed by atoms with Crippen molar-refractivity contribution in [3.05, 3.63) is 167 Å². The number of benzene rings is 5. The zero-order chi connectivity index (χ0) is 38.2. The van der Waals surface area contributed by atoms with Gasteiger partial charge in [0.1, 0.15) is 6.04 Å². The molecule has 6 rings (SSSR count). The van der Waals surface area contributed by atoms with Crippen molar-refractivity contribution >= 4 is 21.6 Å². The number of aliphatic hydroxyl groups excluding tert-OH is 1. The van der Waals surface area contributed by atoms with Crippen LogP contribution in [-0.4, -0.2) is 50.1 Å². The Balaban J connectivity index is 1.25. The van der Waals surface area contributed by atoms with Crippen LogP contribution in [0.15, 0.2) is 138 Å². The van der Waals surface area contributed by atoms with Gasteiger partial charge in [-0.1, -0.05) is 122 Å². The predicted molar refractivity (Wildman–Crippen MR) is 211 cm³/mol. The molecule has 54 heavy (non-hydrogen) atoms. The Kier molecular flexibility index (Phi) is 12.7. The third kappa shape index (κ3) is 9.70. The van der Waals surface area contributed by atoms with Crippen molar-refractivity contribution in [2.45, 2.75) is 69.3 Å². The highest BCUT2D eigenvalue weighted by atomic mass is 32.2. The molecule has 0 aromatic heterocycles. The number of carbonyl (C=O) groups is 1. The van der Waals surface area contributed by atoms with Crippen LogP contribution in [-0.2, 0) is 37.3 Å². The van der Waals surface area contributed by atoms with E-state index < -0.39 is 28.3 Å². The first-order valence-corrected chi connectivity index (χ1v) is 19.8. The molecule has 282 valence electrons. The zero-order valence-corrected chi connectivity index (χ0v) is 31.9. The van der Waals surface area contributed by atoms with Gasteiger partial charge >= 0.3 is 0 Å². The van der Waals surface area contributed by atoms with Crippen molar-refractivity contribution in [1.29, 1.82) is 0 Å². The fraction of sp³-hybridized carbons (Fsp3) is 0.295. The Bertz CT molecular complexity index is 2080. The van der Waals surface area contributed by atoms with Crippen LogP contribution in [0.1, 0.15) is 65.7 Å². The lowest BCUT2D eigenvalue weighted by atomic mass is 9.89. The van der Waals surface area contributed by atoms with E-state index in [1.54, 1.807) is 18.2 Å². The maximum absolute atomic E-state index is 13.9. The SMILES string of the molecule is Cc1ccc(S(=O)(=O)NC(Cc2ccccc2)C(=O)Nc2cccc(C3OC(CN(C)C(C)c4ccccc4)C(C)C(c4ccc(CO)cc4)O3)c2)cc1. The number of aryl methyl sites for hydroxylation is 1. The van der Waals surface area contributed by atoms with Crippen LogP contribution in [0.25, 0.3) is 0 Å². The summed E-state index contributed by atoms with van der Waals surface area (Å²) in [7, 11) is -1.91. The van der Waals surface area contributed by atoms with Crippen LogP contribution in [0, 0.1) is 12.8 Å². The van der Waals surface area contributed by atoms with Gasteiger partial charge in [-0.25, -0.2) is 8.42 Å². The fourth-order valence-corrected chi connectivity index (χ4v) is 7.95. The minimum Gasteiger partial charge on any atom is -0.392 e. The smallest absolute Gasteiger partial charge is 0.242 e. The summed E-state index contributed by atoms with van der Waals surface area (Å²) in [6.07, 6.45) is -1.14. The Morgan fingerprint density at radius 3 is 2.15 bits per heavy atom. The quantitative estimate of drug-likeness (QED) is 0.108. The highest BCUT2D eigenvalue weighted by molar-refractivity contribution is 7.89. The van der Waals surface area contributed by atoms with Crippen molar-refractivity contribution in [2.75, 3.05) is 18.9 Å². The molecule has 0 saturated carbocycles. The Hall–Kier alpha value is -4.68. The third-order valence-electron chi connectivity index (χ3n) is 10.2. The van der Waals surface area contributed by atoms with Gasteiger partial charge in [0.05, 0.1) is 23.7 Å². The average Bonchev–Trinajstić information content (AvgIpc) is 3.19. The summed E-state index contributed by atoms with van der Waals surface area (Å²) in [5, 5.41) is 12.6. The first kappa shape index (κ1) is 39.0. The highest BCUT2D eigenvalue weighted by Gasteiger charge is 2.39. The number of aliphatic hydroxyl groups is 1. The number of nitrogens with one attached hydrogen (secondary N) is 2. The number of nitrogens with zero attached hydrogens (tertiary/aromatic N) is 1. The van der Waals surface area contributed by atoms with Gasteiger partial charge in [-0.3, -0.25) is 9.69 Å². The summed E-state index contributed by atoms with van der Waals surface area (Å²) in [4.78, 5) is 16.3. The normalized spacial score (nSPS) is 20.0. The molecule has 0 aliphatic carbocycles. The largest absolute Gasteiger partial charge is 0.392 e. The maximum atomic E-state index is 13.9. The minimum atomic E-state index is -4.01. The molecule has 6 unspecified atom stereocenters. The highest BCUT2D eigenvalue weighted by Crippen LogP contribution is 2.42. The fourth-order valence-electron chi connectivity index (χ4n) is 6.76. The maximum Gasteiger partial charge on any atom is 0.242 e. The van der Waals surface area contributed by atoms with Gasteiger partial charge in [-0.05, 0) is 73.8 Å².